The average molecular weight is 272 g/mol. The molecule has 0 aliphatic rings. The lowest BCUT2D eigenvalue weighted by Crippen LogP contribution is -2.11. The minimum absolute atomic E-state index is 0.185. The van der Waals surface area contributed by atoms with E-state index >= 15 is 0 Å². The molecule has 0 unspecified atom stereocenters. The van der Waals surface area contributed by atoms with Crippen LogP contribution in [0.1, 0.15) is 38.3 Å². The maximum atomic E-state index is 5.87. The highest BCUT2D eigenvalue weighted by Crippen LogP contribution is 2.27. The third kappa shape index (κ3) is 3.86. The lowest BCUT2D eigenvalue weighted by atomic mass is 9.86. The molecule has 0 fully saturated rings. The van der Waals surface area contributed by atoms with Crippen LogP contribution in [-0.2, 0) is 12.0 Å². The summed E-state index contributed by atoms with van der Waals surface area (Å²) in [6, 6.07) is 6.48. The maximum Gasteiger partial charge on any atom is 0.122 e. The van der Waals surface area contributed by atoms with E-state index in [9.17, 15) is 0 Å². The number of rotatable bonds is 5. The van der Waals surface area contributed by atoms with E-state index < -0.39 is 0 Å². The summed E-state index contributed by atoms with van der Waals surface area (Å²) in [7, 11) is 0. The number of benzene rings is 1. The van der Waals surface area contributed by atoms with Crippen LogP contribution in [0.4, 0.5) is 0 Å². The first-order valence-electron chi connectivity index (χ1n) is 7.16. The number of aromatic nitrogens is 2. The van der Waals surface area contributed by atoms with Crippen LogP contribution in [0.3, 0.4) is 0 Å². The Labute approximate surface area is 121 Å². The zero-order chi connectivity index (χ0) is 14.6. The van der Waals surface area contributed by atoms with Crippen molar-refractivity contribution in [1.82, 2.24) is 9.55 Å². The van der Waals surface area contributed by atoms with Crippen molar-refractivity contribution in [2.24, 2.45) is 0 Å². The van der Waals surface area contributed by atoms with Crippen LogP contribution in [0.2, 0.25) is 0 Å². The van der Waals surface area contributed by atoms with Crippen LogP contribution >= 0.6 is 0 Å². The van der Waals surface area contributed by atoms with Crippen molar-refractivity contribution in [3.8, 4) is 5.75 Å². The molecule has 108 valence electrons. The Kier molecular flexibility index (Phi) is 4.48. The molecule has 20 heavy (non-hydrogen) atoms. The first-order valence-corrected chi connectivity index (χ1v) is 7.16. The molecule has 0 saturated heterocycles. The normalized spacial score (nSPS) is 11.6. The van der Waals surface area contributed by atoms with E-state index in [1.165, 1.54) is 11.1 Å². The highest BCUT2D eigenvalue weighted by molar-refractivity contribution is 5.38. The van der Waals surface area contributed by atoms with Gasteiger partial charge in [0.2, 0.25) is 0 Å². The molecule has 1 heterocycles. The minimum atomic E-state index is 0.185. The predicted molar refractivity (Wildman–Crippen MR) is 82.2 cm³/mol. The number of hydrogen-bond acceptors (Lipinski definition) is 2. The number of ether oxygens (including phenoxy) is 1. The smallest absolute Gasteiger partial charge is 0.122 e. The fourth-order valence-corrected chi connectivity index (χ4v) is 2.13. The molecule has 0 bridgehead atoms. The van der Waals surface area contributed by atoms with Gasteiger partial charge in [0.05, 0.1) is 12.9 Å². The van der Waals surface area contributed by atoms with Gasteiger partial charge in [-0.05, 0) is 36.0 Å². The van der Waals surface area contributed by atoms with Crippen molar-refractivity contribution >= 4 is 0 Å². The van der Waals surface area contributed by atoms with Crippen molar-refractivity contribution in [2.45, 2.75) is 46.1 Å². The monoisotopic (exact) mass is 272 g/mol. The molecule has 0 aliphatic carbocycles. The largest absolute Gasteiger partial charge is 0.493 e. The molecule has 0 saturated carbocycles. The molecule has 3 nitrogen and oxygen atoms in total. The fourth-order valence-electron chi connectivity index (χ4n) is 2.13. The second-order valence-electron chi connectivity index (χ2n) is 6.23. The molecular formula is C17H24N2O. The number of hydrogen-bond donors (Lipinski definition) is 0. The Hall–Kier alpha value is -1.77. The zero-order valence-corrected chi connectivity index (χ0v) is 12.9. The maximum absolute atomic E-state index is 5.87. The van der Waals surface area contributed by atoms with Gasteiger partial charge in [0, 0.05) is 18.9 Å². The van der Waals surface area contributed by atoms with Crippen LogP contribution in [0.25, 0.3) is 0 Å². The Morgan fingerprint density at radius 2 is 2.05 bits per heavy atom. The minimum Gasteiger partial charge on any atom is -0.493 e. The van der Waals surface area contributed by atoms with E-state index in [0.29, 0.717) is 0 Å². The van der Waals surface area contributed by atoms with E-state index in [1.807, 2.05) is 12.5 Å². The van der Waals surface area contributed by atoms with Crippen molar-refractivity contribution in [2.75, 3.05) is 6.61 Å². The molecule has 0 radical (unpaired) electrons. The summed E-state index contributed by atoms with van der Waals surface area (Å²) in [5.41, 5.74) is 2.74. The van der Waals surface area contributed by atoms with Crippen LogP contribution < -0.4 is 4.74 Å². The molecule has 0 aliphatic heterocycles. The predicted octanol–water partition coefficient (Wildman–Crippen LogP) is 3.96. The molecule has 0 atom stereocenters. The van der Waals surface area contributed by atoms with E-state index in [-0.39, 0.29) is 5.41 Å². The summed E-state index contributed by atoms with van der Waals surface area (Å²) in [6.45, 7) is 10.5. The molecule has 2 rings (SSSR count). The average Bonchev–Trinajstić information content (AvgIpc) is 2.88. The molecule has 2 aromatic rings. The van der Waals surface area contributed by atoms with Crippen molar-refractivity contribution in [1.29, 1.82) is 0 Å². The first kappa shape index (κ1) is 14.6. The molecule has 1 aromatic heterocycles. The van der Waals surface area contributed by atoms with Crippen LogP contribution in [0, 0.1) is 6.92 Å². The third-order valence-electron chi connectivity index (χ3n) is 3.42. The Morgan fingerprint density at radius 3 is 2.65 bits per heavy atom. The van der Waals surface area contributed by atoms with Crippen molar-refractivity contribution in [3.05, 3.63) is 48.0 Å². The van der Waals surface area contributed by atoms with Gasteiger partial charge in [-0.25, -0.2) is 4.98 Å². The highest BCUT2D eigenvalue weighted by atomic mass is 16.5. The van der Waals surface area contributed by atoms with Crippen LogP contribution in [0.5, 0.6) is 5.75 Å². The van der Waals surface area contributed by atoms with Gasteiger partial charge < -0.3 is 9.30 Å². The summed E-state index contributed by atoms with van der Waals surface area (Å²) >= 11 is 0. The second kappa shape index (κ2) is 6.12. The Balaban J connectivity index is 1.87. The van der Waals surface area contributed by atoms with Gasteiger partial charge in [-0.3, -0.25) is 0 Å². The van der Waals surface area contributed by atoms with E-state index in [2.05, 4.69) is 55.4 Å². The molecule has 1 aromatic carbocycles. The lowest BCUT2D eigenvalue weighted by molar-refractivity contribution is 0.299. The number of aryl methyl sites for hydroxylation is 2. The standard InChI is InChI=1S/C17H24N2O/c1-14-12-15(17(2,3)4)6-7-16(14)20-11-5-9-19-10-8-18-13-19/h6-8,10,12-13H,5,9,11H2,1-4H3. The number of nitrogens with zero attached hydrogens (tertiary/aromatic N) is 2. The van der Waals surface area contributed by atoms with Gasteiger partial charge >= 0.3 is 0 Å². The second-order valence-corrected chi connectivity index (χ2v) is 6.23. The van der Waals surface area contributed by atoms with E-state index in [0.717, 1.165) is 25.3 Å². The summed E-state index contributed by atoms with van der Waals surface area (Å²) in [4.78, 5) is 4.03. The Bertz CT molecular complexity index is 539. The quantitative estimate of drug-likeness (QED) is 0.770. The number of imidazole rings is 1. The first-order chi connectivity index (χ1) is 9.47. The summed E-state index contributed by atoms with van der Waals surface area (Å²) in [5, 5.41) is 0. The molecule has 0 N–H and O–H groups in total. The topological polar surface area (TPSA) is 27.1 Å². The summed E-state index contributed by atoms with van der Waals surface area (Å²) < 4.78 is 7.94. The molecule has 0 amide bonds. The molecular weight excluding hydrogens is 248 g/mol. The van der Waals surface area contributed by atoms with Crippen LogP contribution in [-0.4, -0.2) is 16.2 Å². The van der Waals surface area contributed by atoms with Crippen LogP contribution in [0.15, 0.2) is 36.9 Å². The lowest BCUT2D eigenvalue weighted by Gasteiger charge is -2.20. The van der Waals surface area contributed by atoms with Crippen molar-refractivity contribution < 1.29 is 4.74 Å². The van der Waals surface area contributed by atoms with E-state index in [1.54, 1.807) is 6.20 Å². The molecule has 0 spiro atoms. The van der Waals surface area contributed by atoms with Gasteiger partial charge in [0.25, 0.3) is 0 Å². The fraction of sp³-hybridized carbons (Fsp3) is 0.471. The SMILES string of the molecule is Cc1cc(C(C)(C)C)ccc1OCCCn1ccnc1. The van der Waals surface area contributed by atoms with E-state index in [4.69, 9.17) is 4.74 Å². The van der Waals surface area contributed by atoms with Gasteiger partial charge in [0.15, 0.2) is 0 Å². The summed E-state index contributed by atoms with van der Waals surface area (Å²) in [6.07, 6.45) is 6.60. The van der Waals surface area contributed by atoms with Gasteiger partial charge in [-0.15, -0.1) is 0 Å². The third-order valence-corrected chi connectivity index (χ3v) is 3.42. The zero-order valence-electron chi connectivity index (χ0n) is 12.9. The van der Waals surface area contributed by atoms with Gasteiger partial charge in [-0.2, -0.15) is 0 Å². The highest BCUT2D eigenvalue weighted by Gasteiger charge is 2.14. The molecule has 3 heteroatoms. The van der Waals surface area contributed by atoms with Crippen molar-refractivity contribution in [3.63, 3.8) is 0 Å². The van der Waals surface area contributed by atoms with Gasteiger partial charge in [-0.1, -0.05) is 32.9 Å². The van der Waals surface area contributed by atoms with Gasteiger partial charge in [0.1, 0.15) is 5.75 Å². The Morgan fingerprint density at radius 1 is 1.25 bits per heavy atom. The summed E-state index contributed by atoms with van der Waals surface area (Å²) in [5.74, 6) is 0.989.